The molecule has 0 bridgehead atoms. The van der Waals surface area contributed by atoms with E-state index in [4.69, 9.17) is 5.10 Å². The van der Waals surface area contributed by atoms with Crippen molar-refractivity contribution in [3.63, 3.8) is 0 Å². The number of aromatic nitrogens is 5. The molecule has 0 aliphatic carbocycles. The highest BCUT2D eigenvalue weighted by molar-refractivity contribution is 5.92. The highest BCUT2D eigenvalue weighted by Crippen LogP contribution is 2.33. The van der Waals surface area contributed by atoms with Gasteiger partial charge in [-0.05, 0) is 39.2 Å². The monoisotopic (exact) mass is 484 g/mol. The molecule has 2 fully saturated rings. The zero-order valence-electron chi connectivity index (χ0n) is 20.4. The average Bonchev–Trinajstić information content (AvgIpc) is 3.44. The quantitative estimate of drug-likeness (QED) is 0.486. The third-order valence-electron chi connectivity index (χ3n) is 7.17. The van der Waals surface area contributed by atoms with Crippen LogP contribution in [0.25, 0.3) is 10.9 Å². The van der Waals surface area contributed by atoms with Gasteiger partial charge in [0.05, 0.1) is 29.2 Å². The van der Waals surface area contributed by atoms with Crippen molar-refractivity contribution in [2.45, 2.75) is 64.0 Å². The molecule has 2 aliphatic rings. The maximum Gasteiger partial charge on any atom is 0.227 e. The van der Waals surface area contributed by atoms with E-state index in [0.29, 0.717) is 37.1 Å². The molecule has 0 aromatic carbocycles. The summed E-state index contributed by atoms with van der Waals surface area (Å²) in [6, 6.07) is 3.90. The second kappa shape index (κ2) is 9.19. The van der Waals surface area contributed by atoms with E-state index in [1.165, 1.54) is 6.92 Å². The Bertz CT molecular complexity index is 1200. The van der Waals surface area contributed by atoms with Gasteiger partial charge in [-0.1, -0.05) is 6.92 Å². The minimum atomic E-state index is -1.37. The van der Waals surface area contributed by atoms with Gasteiger partial charge in [0, 0.05) is 44.1 Å². The second-order valence-corrected chi connectivity index (χ2v) is 9.89. The predicted octanol–water partition coefficient (Wildman–Crippen LogP) is 2.81. The number of nitrogens with zero attached hydrogens (tertiary/aromatic N) is 7. The molecule has 11 heteroatoms. The average molecular weight is 485 g/mol. The number of nitrogens with one attached hydrogen (secondary N) is 1. The molecule has 5 rings (SSSR count). The van der Waals surface area contributed by atoms with E-state index in [-0.39, 0.29) is 18.7 Å². The predicted molar refractivity (Wildman–Crippen MR) is 133 cm³/mol. The summed E-state index contributed by atoms with van der Waals surface area (Å²) in [5.74, 6) is 2.42. The summed E-state index contributed by atoms with van der Waals surface area (Å²) in [6.07, 6.45) is 3.71. The smallest absolute Gasteiger partial charge is 0.227 e. The Balaban J connectivity index is 1.41. The second-order valence-electron chi connectivity index (χ2n) is 9.89. The molecule has 5 heterocycles. The molecule has 10 nitrogen and oxygen atoms in total. The molecular formula is C24H33FN8O2. The Morgan fingerprint density at radius 1 is 1.23 bits per heavy atom. The van der Waals surface area contributed by atoms with Crippen LogP contribution in [0.4, 0.5) is 27.8 Å². The lowest BCUT2D eigenvalue weighted by Gasteiger charge is -2.38. The number of anilines is 4. The molecule has 188 valence electrons. The Labute approximate surface area is 203 Å². The molecule has 3 N–H and O–H groups in total. The van der Waals surface area contributed by atoms with Crippen LogP contribution < -0.4 is 15.1 Å². The van der Waals surface area contributed by atoms with Gasteiger partial charge in [-0.15, -0.1) is 0 Å². The number of aliphatic hydroxyl groups excluding tert-OH is 1. The zero-order valence-corrected chi connectivity index (χ0v) is 20.4. The molecule has 3 aromatic rings. The van der Waals surface area contributed by atoms with E-state index >= 15 is 0 Å². The number of aliphatic hydroxyl groups is 2. The SMILES string of the molecule is CC[C@H](C)n1nc(N2CCC(O)C2)c2cnc(Nc3ccnc(N4CC[C@](C)(O)[C@H](F)C4)n3)cc21. The van der Waals surface area contributed by atoms with E-state index < -0.39 is 11.8 Å². The summed E-state index contributed by atoms with van der Waals surface area (Å²) in [5.41, 5.74) is -0.364. The van der Waals surface area contributed by atoms with Crippen LogP contribution in [0.2, 0.25) is 0 Å². The molecule has 0 radical (unpaired) electrons. The molecule has 2 aliphatic heterocycles. The van der Waals surface area contributed by atoms with Gasteiger partial charge in [0.25, 0.3) is 0 Å². The highest BCUT2D eigenvalue weighted by atomic mass is 19.1. The van der Waals surface area contributed by atoms with Crippen molar-refractivity contribution in [2.24, 2.45) is 0 Å². The Hall–Kier alpha value is -3.05. The molecule has 35 heavy (non-hydrogen) atoms. The number of piperidine rings is 1. The standard InChI is InChI=1S/C24H33FN8O2/c1-4-15(2)33-18-11-21(27-12-17(18)22(30-33)31-9-6-16(34)13-31)28-20-5-8-26-23(29-20)32-10-7-24(3,35)19(25)14-32/h5,8,11-12,15-16,19,34-35H,4,6-7,9-10,13-14H2,1-3H3,(H,26,27,28,29)/t15-,16?,19+,24-/m0/s1. The minimum Gasteiger partial charge on any atom is -0.391 e. The summed E-state index contributed by atoms with van der Waals surface area (Å²) in [6.45, 7) is 7.64. The number of hydrogen-bond acceptors (Lipinski definition) is 9. The number of β-amino-alcohol motifs (C(OH)–C–C–N with tert-alkyl or cyclic N) is 1. The van der Waals surface area contributed by atoms with Gasteiger partial charge in [0.2, 0.25) is 5.95 Å². The first-order chi connectivity index (χ1) is 16.7. The van der Waals surface area contributed by atoms with Crippen LogP contribution in [0.1, 0.15) is 46.1 Å². The Morgan fingerprint density at radius 3 is 2.77 bits per heavy atom. The van der Waals surface area contributed by atoms with E-state index in [2.05, 4.69) is 39.0 Å². The summed E-state index contributed by atoms with van der Waals surface area (Å²) in [7, 11) is 0. The number of pyridine rings is 1. The van der Waals surface area contributed by atoms with E-state index in [1.807, 2.05) is 16.9 Å². The van der Waals surface area contributed by atoms with Crippen molar-refractivity contribution in [3.05, 3.63) is 24.5 Å². The van der Waals surface area contributed by atoms with Crippen LogP contribution in [0.3, 0.4) is 0 Å². The molecule has 1 unspecified atom stereocenters. The maximum absolute atomic E-state index is 14.4. The van der Waals surface area contributed by atoms with Gasteiger partial charge in [-0.3, -0.25) is 4.68 Å². The Morgan fingerprint density at radius 2 is 2.06 bits per heavy atom. The fourth-order valence-corrected chi connectivity index (χ4v) is 4.64. The maximum atomic E-state index is 14.4. The first kappa shape index (κ1) is 23.7. The summed E-state index contributed by atoms with van der Waals surface area (Å²) < 4.78 is 16.4. The minimum absolute atomic E-state index is 0.0444. The van der Waals surface area contributed by atoms with Gasteiger partial charge in [0.15, 0.2) is 5.82 Å². The number of rotatable bonds is 6. The number of fused-ring (bicyclic) bond motifs is 1. The highest BCUT2D eigenvalue weighted by Gasteiger charge is 2.38. The van der Waals surface area contributed by atoms with Crippen molar-refractivity contribution in [2.75, 3.05) is 41.3 Å². The molecular weight excluding hydrogens is 451 g/mol. The largest absolute Gasteiger partial charge is 0.391 e. The molecule has 0 saturated carbocycles. The van der Waals surface area contributed by atoms with Crippen molar-refractivity contribution >= 4 is 34.3 Å². The van der Waals surface area contributed by atoms with E-state index in [0.717, 1.165) is 36.1 Å². The Kier molecular flexibility index (Phi) is 6.22. The molecule has 2 saturated heterocycles. The molecule has 0 amide bonds. The topological polar surface area (TPSA) is 115 Å². The van der Waals surface area contributed by atoms with Crippen molar-refractivity contribution in [3.8, 4) is 0 Å². The fourth-order valence-electron chi connectivity index (χ4n) is 4.64. The van der Waals surface area contributed by atoms with Gasteiger partial charge in [-0.2, -0.15) is 10.1 Å². The summed E-state index contributed by atoms with van der Waals surface area (Å²) in [4.78, 5) is 17.3. The van der Waals surface area contributed by atoms with Crippen LogP contribution >= 0.6 is 0 Å². The van der Waals surface area contributed by atoms with Crippen LogP contribution in [0, 0.1) is 0 Å². The van der Waals surface area contributed by atoms with Gasteiger partial charge >= 0.3 is 0 Å². The fraction of sp³-hybridized carbons (Fsp3) is 0.583. The number of hydrogen-bond donors (Lipinski definition) is 3. The van der Waals surface area contributed by atoms with Crippen LogP contribution in [0.15, 0.2) is 24.5 Å². The summed E-state index contributed by atoms with van der Waals surface area (Å²) in [5, 5.41) is 29.2. The van der Waals surface area contributed by atoms with Crippen LogP contribution in [0.5, 0.6) is 0 Å². The third kappa shape index (κ3) is 4.62. The first-order valence-electron chi connectivity index (χ1n) is 12.3. The zero-order chi connectivity index (χ0) is 24.7. The van der Waals surface area contributed by atoms with Crippen molar-refractivity contribution < 1.29 is 14.6 Å². The molecule has 0 spiro atoms. The van der Waals surface area contributed by atoms with Gasteiger partial charge in [0.1, 0.15) is 17.8 Å². The molecule has 4 atom stereocenters. The normalized spacial score (nSPS) is 25.9. The first-order valence-corrected chi connectivity index (χ1v) is 12.3. The number of alkyl halides is 1. The lowest BCUT2D eigenvalue weighted by Crippen LogP contribution is -2.52. The van der Waals surface area contributed by atoms with Gasteiger partial charge in [-0.25, -0.2) is 14.4 Å². The number of halogens is 1. The van der Waals surface area contributed by atoms with Crippen LogP contribution in [-0.4, -0.2) is 79.0 Å². The van der Waals surface area contributed by atoms with E-state index in [9.17, 15) is 14.6 Å². The van der Waals surface area contributed by atoms with E-state index in [1.54, 1.807) is 17.2 Å². The van der Waals surface area contributed by atoms with Gasteiger partial charge < -0.3 is 25.3 Å². The van der Waals surface area contributed by atoms with Crippen molar-refractivity contribution in [1.29, 1.82) is 0 Å². The third-order valence-corrected chi connectivity index (χ3v) is 7.17. The lowest BCUT2D eigenvalue weighted by molar-refractivity contribution is -0.0332. The lowest BCUT2D eigenvalue weighted by atomic mass is 9.92. The van der Waals surface area contributed by atoms with Crippen LogP contribution in [-0.2, 0) is 0 Å². The summed E-state index contributed by atoms with van der Waals surface area (Å²) >= 11 is 0. The molecule has 3 aromatic heterocycles. The van der Waals surface area contributed by atoms with Crippen molar-refractivity contribution in [1.82, 2.24) is 24.7 Å².